The van der Waals surface area contributed by atoms with Gasteiger partial charge in [0.25, 0.3) is 0 Å². The molecule has 5 heteroatoms. The minimum Gasteiger partial charge on any atom is -0.396 e. The molecule has 4 nitrogen and oxygen atoms in total. The van der Waals surface area contributed by atoms with Crippen molar-refractivity contribution in [2.45, 2.75) is 45.6 Å². The van der Waals surface area contributed by atoms with Crippen LogP contribution in [0.3, 0.4) is 0 Å². The number of carbonyl (C=O) groups is 1. The van der Waals surface area contributed by atoms with E-state index < -0.39 is 5.41 Å². The molecule has 0 aromatic heterocycles. The largest absolute Gasteiger partial charge is 0.396 e. The Morgan fingerprint density at radius 1 is 1.53 bits per heavy atom. The SMILES string of the molecule is CC(C)(C(=O)N(CCCO)C1CCC1)C(N)=S. The van der Waals surface area contributed by atoms with E-state index >= 15 is 0 Å². The highest BCUT2D eigenvalue weighted by Crippen LogP contribution is 2.29. The van der Waals surface area contributed by atoms with Gasteiger partial charge in [-0.1, -0.05) is 12.2 Å². The van der Waals surface area contributed by atoms with Gasteiger partial charge in [0, 0.05) is 19.2 Å². The van der Waals surface area contributed by atoms with E-state index in [0.717, 1.165) is 12.8 Å². The number of thiocarbonyl (C=S) groups is 1. The molecule has 0 saturated heterocycles. The number of aliphatic hydroxyl groups excluding tert-OH is 1. The molecule has 0 aromatic carbocycles. The Morgan fingerprint density at radius 3 is 2.47 bits per heavy atom. The summed E-state index contributed by atoms with van der Waals surface area (Å²) < 4.78 is 0. The normalized spacial score (nSPS) is 16.4. The second-order valence-corrected chi connectivity index (χ2v) is 5.59. The first-order valence-corrected chi connectivity index (χ1v) is 6.54. The Labute approximate surface area is 108 Å². The van der Waals surface area contributed by atoms with Crippen molar-refractivity contribution in [3.05, 3.63) is 0 Å². The van der Waals surface area contributed by atoms with Gasteiger partial charge >= 0.3 is 0 Å². The molecule has 0 spiro atoms. The molecule has 1 fully saturated rings. The van der Waals surface area contributed by atoms with E-state index in [1.807, 2.05) is 4.90 Å². The number of hydrogen-bond donors (Lipinski definition) is 2. The summed E-state index contributed by atoms with van der Waals surface area (Å²) in [4.78, 5) is 14.5. The van der Waals surface area contributed by atoms with Crippen molar-refractivity contribution in [1.82, 2.24) is 4.90 Å². The van der Waals surface area contributed by atoms with Gasteiger partial charge in [-0.2, -0.15) is 0 Å². The van der Waals surface area contributed by atoms with Crippen molar-refractivity contribution in [3.63, 3.8) is 0 Å². The molecule has 1 saturated carbocycles. The zero-order chi connectivity index (χ0) is 13.1. The molecule has 0 aromatic rings. The first kappa shape index (κ1) is 14.4. The van der Waals surface area contributed by atoms with Gasteiger partial charge in [0.05, 0.1) is 10.4 Å². The molecule has 0 atom stereocenters. The molecule has 98 valence electrons. The Morgan fingerprint density at radius 2 is 2.12 bits per heavy atom. The molecule has 1 amide bonds. The molecule has 0 bridgehead atoms. The van der Waals surface area contributed by atoms with Crippen LogP contribution in [0.2, 0.25) is 0 Å². The maximum Gasteiger partial charge on any atom is 0.235 e. The highest BCUT2D eigenvalue weighted by Gasteiger charge is 2.38. The van der Waals surface area contributed by atoms with Crippen LogP contribution in [0.4, 0.5) is 0 Å². The summed E-state index contributed by atoms with van der Waals surface area (Å²) in [6.45, 7) is 4.22. The van der Waals surface area contributed by atoms with Crippen LogP contribution in [0.5, 0.6) is 0 Å². The molecule has 1 rings (SSSR count). The predicted molar refractivity (Wildman–Crippen MR) is 71.6 cm³/mol. The minimum atomic E-state index is -0.791. The predicted octanol–water partition coefficient (Wildman–Crippen LogP) is 1.06. The van der Waals surface area contributed by atoms with Crippen molar-refractivity contribution in [1.29, 1.82) is 0 Å². The Bertz CT molecular complexity index is 301. The van der Waals surface area contributed by atoms with Gasteiger partial charge in [0.2, 0.25) is 5.91 Å². The molecular formula is C12H22N2O2S. The van der Waals surface area contributed by atoms with Crippen molar-refractivity contribution in [3.8, 4) is 0 Å². The van der Waals surface area contributed by atoms with Crippen LogP contribution in [0.1, 0.15) is 39.5 Å². The maximum atomic E-state index is 12.4. The maximum absolute atomic E-state index is 12.4. The summed E-state index contributed by atoms with van der Waals surface area (Å²) in [6.07, 6.45) is 3.87. The van der Waals surface area contributed by atoms with Crippen LogP contribution in [0.15, 0.2) is 0 Å². The van der Waals surface area contributed by atoms with Crippen molar-refractivity contribution < 1.29 is 9.90 Å². The first-order chi connectivity index (χ1) is 7.91. The summed E-state index contributed by atoms with van der Waals surface area (Å²) in [5.41, 5.74) is 4.84. The molecule has 17 heavy (non-hydrogen) atoms. The lowest BCUT2D eigenvalue weighted by molar-refractivity contribution is -0.141. The van der Waals surface area contributed by atoms with E-state index in [1.165, 1.54) is 6.42 Å². The number of amides is 1. The van der Waals surface area contributed by atoms with Gasteiger partial charge in [-0.15, -0.1) is 0 Å². The third kappa shape index (κ3) is 3.16. The zero-order valence-corrected chi connectivity index (χ0v) is 11.4. The quantitative estimate of drug-likeness (QED) is 0.699. The number of carbonyl (C=O) groups excluding carboxylic acids is 1. The van der Waals surface area contributed by atoms with E-state index in [1.54, 1.807) is 13.8 Å². The number of aliphatic hydroxyl groups is 1. The van der Waals surface area contributed by atoms with Gasteiger partial charge < -0.3 is 15.7 Å². The fraction of sp³-hybridized carbons (Fsp3) is 0.833. The molecule has 0 radical (unpaired) electrons. The van der Waals surface area contributed by atoms with E-state index in [4.69, 9.17) is 23.1 Å². The molecule has 3 N–H and O–H groups in total. The third-order valence-corrected chi connectivity index (χ3v) is 3.99. The minimum absolute atomic E-state index is 0.0110. The van der Waals surface area contributed by atoms with Crippen LogP contribution >= 0.6 is 12.2 Å². The van der Waals surface area contributed by atoms with Crippen molar-refractivity contribution in [2.24, 2.45) is 11.1 Å². The Kier molecular flexibility index (Phi) is 4.89. The lowest BCUT2D eigenvalue weighted by Gasteiger charge is -2.41. The highest BCUT2D eigenvalue weighted by molar-refractivity contribution is 7.80. The monoisotopic (exact) mass is 258 g/mol. The summed E-state index contributed by atoms with van der Waals surface area (Å²) >= 11 is 4.96. The van der Waals surface area contributed by atoms with Gasteiger partial charge in [0.15, 0.2) is 0 Å². The van der Waals surface area contributed by atoms with Crippen LogP contribution in [0, 0.1) is 5.41 Å². The van der Waals surface area contributed by atoms with Gasteiger partial charge in [-0.25, -0.2) is 0 Å². The number of nitrogens with two attached hydrogens (primary N) is 1. The van der Waals surface area contributed by atoms with Crippen LogP contribution in [-0.2, 0) is 4.79 Å². The lowest BCUT2D eigenvalue weighted by Crippen LogP contribution is -2.53. The van der Waals surface area contributed by atoms with E-state index in [9.17, 15) is 4.79 Å². The lowest BCUT2D eigenvalue weighted by atomic mass is 9.86. The smallest absolute Gasteiger partial charge is 0.235 e. The molecular weight excluding hydrogens is 236 g/mol. The van der Waals surface area contributed by atoms with Crippen LogP contribution < -0.4 is 5.73 Å². The standard InChI is InChI=1S/C12H22N2O2S/c1-12(2,10(13)17)11(16)14(7-4-8-15)9-5-3-6-9/h9,15H,3-8H2,1-2H3,(H2,13,17). The Hall–Kier alpha value is -0.680. The van der Waals surface area contributed by atoms with E-state index in [2.05, 4.69) is 0 Å². The zero-order valence-electron chi connectivity index (χ0n) is 10.6. The average Bonchev–Trinajstić information content (AvgIpc) is 2.19. The number of hydrogen-bond acceptors (Lipinski definition) is 3. The second kappa shape index (κ2) is 5.78. The molecule has 0 unspecified atom stereocenters. The summed E-state index contributed by atoms with van der Waals surface area (Å²) in [5, 5.41) is 8.89. The van der Waals surface area contributed by atoms with E-state index in [-0.39, 0.29) is 17.5 Å². The Balaban J connectivity index is 2.74. The molecule has 0 aliphatic heterocycles. The highest BCUT2D eigenvalue weighted by atomic mass is 32.1. The molecule has 1 aliphatic carbocycles. The number of nitrogens with zero attached hydrogens (tertiary/aromatic N) is 1. The van der Waals surface area contributed by atoms with E-state index in [0.29, 0.717) is 19.0 Å². The summed E-state index contributed by atoms with van der Waals surface area (Å²) in [6, 6.07) is 0.308. The molecule has 0 heterocycles. The van der Waals surface area contributed by atoms with Gasteiger partial charge in [-0.05, 0) is 39.5 Å². The fourth-order valence-electron chi connectivity index (χ4n) is 1.85. The first-order valence-electron chi connectivity index (χ1n) is 6.13. The summed E-state index contributed by atoms with van der Waals surface area (Å²) in [7, 11) is 0. The van der Waals surface area contributed by atoms with Gasteiger partial charge in [0.1, 0.15) is 0 Å². The average molecular weight is 258 g/mol. The van der Waals surface area contributed by atoms with Crippen LogP contribution in [-0.4, -0.2) is 40.1 Å². The second-order valence-electron chi connectivity index (χ2n) is 5.15. The number of rotatable bonds is 6. The summed E-state index contributed by atoms with van der Waals surface area (Å²) in [5.74, 6) is -0.0110. The fourth-order valence-corrected chi connectivity index (χ4v) is 1.94. The van der Waals surface area contributed by atoms with Crippen molar-refractivity contribution in [2.75, 3.05) is 13.2 Å². The van der Waals surface area contributed by atoms with Gasteiger partial charge in [-0.3, -0.25) is 4.79 Å². The van der Waals surface area contributed by atoms with Crippen LogP contribution in [0.25, 0.3) is 0 Å². The molecule has 1 aliphatic rings. The van der Waals surface area contributed by atoms with Crippen molar-refractivity contribution >= 4 is 23.1 Å². The third-order valence-electron chi connectivity index (χ3n) is 3.48. The topological polar surface area (TPSA) is 66.6 Å².